The molecule has 0 saturated carbocycles. The summed E-state index contributed by atoms with van der Waals surface area (Å²) >= 11 is 0. The largest absolute Gasteiger partial charge is 0.330 e. The Kier molecular flexibility index (Phi) is 7.96. The molecule has 1 N–H and O–H groups in total. The number of carbonyl (C=O) groups excluding carboxylic acids is 1. The normalized spacial score (nSPS) is 15.0. The predicted octanol–water partition coefficient (Wildman–Crippen LogP) is 5.25. The van der Waals surface area contributed by atoms with Crippen LogP contribution >= 0.6 is 0 Å². The number of nitrogens with zero attached hydrogens (tertiary/aromatic N) is 2. The topological polar surface area (TPSA) is 75.2 Å². The predicted molar refractivity (Wildman–Crippen MR) is 141 cm³/mol. The second-order valence-electron chi connectivity index (χ2n) is 8.99. The lowest BCUT2D eigenvalue weighted by molar-refractivity contribution is 0.0791. The highest BCUT2D eigenvalue weighted by Gasteiger charge is 2.31. The molecule has 8 heteroatoms. The number of H-pyrrole nitrogens is 1. The van der Waals surface area contributed by atoms with E-state index in [1.165, 1.54) is 33.7 Å². The molecule has 1 aliphatic carbocycles. The minimum atomic E-state index is -0.682. The molecule has 0 fully saturated rings. The Bertz CT molecular complexity index is 1550. The van der Waals surface area contributed by atoms with Crippen molar-refractivity contribution in [3.05, 3.63) is 115 Å². The van der Waals surface area contributed by atoms with Gasteiger partial charge in [0.05, 0.1) is 23.0 Å². The molecular weight excluding hydrogens is 476 g/mol. The molecule has 37 heavy (non-hydrogen) atoms. The Morgan fingerprint density at radius 2 is 1.89 bits per heavy atom. The number of hydrogen-bond acceptors (Lipinski definition) is 3. The van der Waals surface area contributed by atoms with Crippen molar-refractivity contribution in [2.45, 2.75) is 39.7 Å². The lowest BCUT2D eigenvalue weighted by atomic mass is 10.00. The summed E-state index contributed by atoms with van der Waals surface area (Å²) in [4.78, 5) is 41.3. The second-order valence-corrected chi connectivity index (χ2v) is 8.99. The van der Waals surface area contributed by atoms with E-state index in [0.717, 1.165) is 12.0 Å². The molecule has 1 amide bonds. The van der Waals surface area contributed by atoms with E-state index in [4.69, 9.17) is 0 Å². The van der Waals surface area contributed by atoms with Crippen LogP contribution in [-0.4, -0.2) is 33.4 Å². The van der Waals surface area contributed by atoms with Gasteiger partial charge in [0.1, 0.15) is 11.6 Å². The van der Waals surface area contributed by atoms with Crippen molar-refractivity contribution in [3.8, 4) is 0 Å². The molecule has 2 aromatic carbocycles. The smallest absolute Gasteiger partial charge is 0.329 e. The minimum absolute atomic E-state index is 0.0444. The monoisotopic (exact) mass is 505 g/mol. The van der Waals surface area contributed by atoms with E-state index in [0.29, 0.717) is 34.9 Å². The molecule has 192 valence electrons. The second kappa shape index (κ2) is 11.3. The summed E-state index contributed by atoms with van der Waals surface area (Å²) in [5.41, 5.74) is 1.16. The minimum Gasteiger partial charge on any atom is -0.330 e. The quantitative estimate of drug-likeness (QED) is 0.492. The number of aromatic nitrogens is 2. The average Bonchev–Trinajstić information content (AvgIpc) is 3.34. The number of hydrogen-bond donors (Lipinski definition) is 1. The molecule has 0 saturated heterocycles. The fourth-order valence-electron chi connectivity index (χ4n) is 4.62. The van der Waals surface area contributed by atoms with Gasteiger partial charge >= 0.3 is 5.69 Å². The molecule has 0 atom stereocenters. The SMILES string of the molecule is C/C=C\CC.O=C(c1cc(Cn2c(=O)[nH]c(=O)c3ccccc32)ccc1F)N1CC2=C(C1)C(F)=CCC2. The number of nitrogens with one attached hydrogen (secondary N) is 1. The van der Waals surface area contributed by atoms with Crippen LogP contribution in [0.5, 0.6) is 0 Å². The molecule has 5 rings (SSSR count). The van der Waals surface area contributed by atoms with Crippen LogP contribution in [0.2, 0.25) is 0 Å². The third-order valence-electron chi connectivity index (χ3n) is 6.48. The van der Waals surface area contributed by atoms with Gasteiger partial charge in [0, 0.05) is 18.7 Å². The maximum atomic E-state index is 14.6. The number of benzene rings is 2. The third kappa shape index (κ3) is 5.53. The third-order valence-corrected chi connectivity index (χ3v) is 6.48. The van der Waals surface area contributed by atoms with Gasteiger partial charge in [-0.05, 0) is 67.7 Å². The molecule has 1 aliphatic heterocycles. The zero-order valence-corrected chi connectivity index (χ0v) is 20.9. The first-order valence-electron chi connectivity index (χ1n) is 12.3. The van der Waals surface area contributed by atoms with Gasteiger partial charge < -0.3 is 4.90 Å². The number of aromatic amines is 1. The van der Waals surface area contributed by atoms with E-state index < -0.39 is 23.0 Å². The molecule has 0 radical (unpaired) electrons. The molecule has 2 heterocycles. The standard InChI is InChI=1S/C24H19F2N3O3.C5H10/c25-19-6-3-4-15-12-28(13-18(15)19)23(31)17-10-14(8-9-20(17)26)11-29-21-7-2-1-5-16(21)22(30)27-24(29)32;1-3-5-4-2/h1-2,5-10H,3-4,11-13H2,(H,27,30,32);3,5H,4H2,1-2H3/b;5-3-. The van der Waals surface area contributed by atoms with Crippen molar-refractivity contribution in [2.75, 3.05) is 13.1 Å². The van der Waals surface area contributed by atoms with Crippen molar-refractivity contribution in [1.29, 1.82) is 0 Å². The Morgan fingerprint density at radius 1 is 1.11 bits per heavy atom. The van der Waals surface area contributed by atoms with Crippen LogP contribution in [0.1, 0.15) is 49.0 Å². The van der Waals surface area contributed by atoms with Crippen LogP contribution in [-0.2, 0) is 6.54 Å². The van der Waals surface area contributed by atoms with Crippen molar-refractivity contribution >= 4 is 16.8 Å². The lowest BCUT2D eigenvalue weighted by Gasteiger charge is -2.18. The zero-order valence-electron chi connectivity index (χ0n) is 20.9. The lowest BCUT2D eigenvalue weighted by Crippen LogP contribution is -2.31. The Hall–Kier alpha value is -4.07. The van der Waals surface area contributed by atoms with Gasteiger partial charge in [-0.3, -0.25) is 19.1 Å². The highest BCUT2D eigenvalue weighted by Crippen LogP contribution is 2.33. The summed E-state index contributed by atoms with van der Waals surface area (Å²) < 4.78 is 30.0. The van der Waals surface area contributed by atoms with Crippen molar-refractivity contribution in [3.63, 3.8) is 0 Å². The first-order valence-corrected chi connectivity index (χ1v) is 12.3. The van der Waals surface area contributed by atoms with E-state index in [-0.39, 0.29) is 31.0 Å². The molecule has 0 bridgehead atoms. The van der Waals surface area contributed by atoms with E-state index in [2.05, 4.69) is 24.1 Å². The summed E-state index contributed by atoms with van der Waals surface area (Å²) in [7, 11) is 0. The van der Waals surface area contributed by atoms with Gasteiger partial charge in [0.25, 0.3) is 11.5 Å². The van der Waals surface area contributed by atoms with E-state index in [1.807, 2.05) is 6.92 Å². The van der Waals surface area contributed by atoms with Crippen molar-refractivity contribution in [1.82, 2.24) is 14.5 Å². The number of halogens is 2. The molecule has 0 unspecified atom stereocenters. The molecule has 0 spiro atoms. The first kappa shape index (κ1) is 26.0. The Labute approximate surface area is 213 Å². The zero-order chi connectivity index (χ0) is 26.5. The molecule has 1 aromatic heterocycles. The van der Waals surface area contributed by atoms with E-state index >= 15 is 0 Å². The van der Waals surface area contributed by atoms with Gasteiger partial charge in [-0.15, -0.1) is 0 Å². The first-order chi connectivity index (χ1) is 17.8. The summed E-state index contributed by atoms with van der Waals surface area (Å²) in [5, 5.41) is 0.356. The molecule has 6 nitrogen and oxygen atoms in total. The van der Waals surface area contributed by atoms with Gasteiger partial charge in [-0.25, -0.2) is 13.6 Å². The molecular formula is C29H29F2N3O3. The van der Waals surface area contributed by atoms with Crippen LogP contribution in [0.3, 0.4) is 0 Å². The van der Waals surface area contributed by atoms with Gasteiger partial charge in [-0.1, -0.05) is 37.3 Å². The number of amides is 1. The van der Waals surface area contributed by atoms with Crippen LogP contribution in [0.25, 0.3) is 10.9 Å². The van der Waals surface area contributed by atoms with Gasteiger partial charge in [-0.2, -0.15) is 0 Å². The molecule has 3 aromatic rings. The maximum Gasteiger partial charge on any atom is 0.329 e. The number of para-hydroxylation sites is 1. The highest BCUT2D eigenvalue weighted by atomic mass is 19.1. The summed E-state index contributed by atoms with van der Waals surface area (Å²) in [5.74, 6) is -1.51. The van der Waals surface area contributed by atoms with Crippen molar-refractivity contribution in [2.24, 2.45) is 0 Å². The number of carbonyl (C=O) groups is 1. The van der Waals surface area contributed by atoms with E-state index in [1.54, 1.807) is 24.3 Å². The van der Waals surface area contributed by atoms with Crippen LogP contribution < -0.4 is 11.2 Å². The Morgan fingerprint density at radius 3 is 2.59 bits per heavy atom. The number of fused-ring (bicyclic) bond motifs is 1. The fourth-order valence-corrected chi connectivity index (χ4v) is 4.62. The van der Waals surface area contributed by atoms with E-state index in [9.17, 15) is 23.2 Å². The Balaban J connectivity index is 0.000000586. The fraction of sp³-hybridized carbons (Fsp3) is 0.276. The number of allylic oxidation sites excluding steroid dienone is 3. The van der Waals surface area contributed by atoms with Gasteiger partial charge in [0.2, 0.25) is 0 Å². The summed E-state index contributed by atoms with van der Waals surface area (Å²) in [6.07, 6.45) is 8.15. The van der Waals surface area contributed by atoms with Crippen LogP contribution in [0.15, 0.2) is 87.3 Å². The molecule has 2 aliphatic rings. The van der Waals surface area contributed by atoms with Crippen LogP contribution in [0, 0.1) is 5.82 Å². The van der Waals surface area contributed by atoms with Crippen molar-refractivity contribution < 1.29 is 13.6 Å². The number of rotatable bonds is 4. The van der Waals surface area contributed by atoms with Crippen LogP contribution in [0.4, 0.5) is 8.78 Å². The average molecular weight is 506 g/mol. The highest BCUT2D eigenvalue weighted by molar-refractivity contribution is 5.95. The van der Waals surface area contributed by atoms with Gasteiger partial charge in [0.15, 0.2) is 0 Å². The summed E-state index contributed by atoms with van der Waals surface area (Å²) in [6, 6.07) is 10.8. The maximum absolute atomic E-state index is 14.6. The summed E-state index contributed by atoms with van der Waals surface area (Å²) in [6.45, 7) is 4.60.